The number of carbonyl (C=O) groups is 1. The van der Waals surface area contributed by atoms with Gasteiger partial charge in [-0.25, -0.2) is 23.1 Å². The van der Waals surface area contributed by atoms with E-state index in [4.69, 9.17) is 0 Å². The predicted octanol–water partition coefficient (Wildman–Crippen LogP) is 1.85. The maximum atomic E-state index is 12.0. The quantitative estimate of drug-likeness (QED) is 0.896. The number of nitrogens with one attached hydrogen (secondary N) is 1. The van der Waals surface area contributed by atoms with E-state index in [0.29, 0.717) is 5.82 Å². The number of amides is 1. The lowest BCUT2D eigenvalue weighted by atomic mass is 10.1. The molecule has 1 amide bonds. The molecule has 7 heteroatoms. The average Bonchev–Trinajstić information content (AvgIpc) is 2.90. The number of aromatic nitrogens is 2. The number of rotatable bonds is 5. The van der Waals surface area contributed by atoms with Gasteiger partial charge in [-0.2, -0.15) is 0 Å². The first-order valence-electron chi connectivity index (χ1n) is 7.25. The molecule has 1 saturated carbocycles. The molecular formula is C14H21N3O3S. The summed E-state index contributed by atoms with van der Waals surface area (Å²) >= 11 is 0. The zero-order valence-corrected chi connectivity index (χ0v) is 13.2. The standard InChI is InChI=1S/C14H21N3O3S/c1-10(2)9-21(19,20)17-14(18)12-7-8-15-13(16-12)11-5-3-4-6-11/h7-8,10-11H,3-6,9H2,1-2H3,(H,17,18). The van der Waals surface area contributed by atoms with Crippen LogP contribution in [0.2, 0.25) is 0 Å². The molecule has 1 aliphatic carbocycles. The highest BCUT2D eigenvalue weighted by Crippen LogP contribution is 2.31. The van der Waals surface area contributed by atoms with E-state index in [1.54, 1.807) is 13.8 Å². The van der Waals surface area contributed by atoms with Crippen molar-refractivity contribution in [2.75, 3.05) is 5.75 Å². The first kappa shape index (κ1) is 15.9. The van der Waals surface area contributed by atoms with Crippen molar-refractivity contribution in [1.82, 2.24) is 14.7 Å². The Labute approximate surface area is 125 Å². The second-order valence-corrected chi connectivity index (χ2v) is 7.65. The van der Waals surface area contributed by atoms with E-state index in [0.717, 1.165) is 25.7 Å². The van der Waals surface area contributed by atoms with Crippen molar-refractivity contribution < 1.29 is 13.2 Å². The predicted molar refractivity (Wildman–Crippen MR) is 79.3 cm³/mol. The normalized spacial score (nSPS) is 16.3. The zero-order chi connectivity index (χ0) is 15.5. The van der Waals surface area contributed by atoms with Gasteiger partial charge < -0.3 is 0 Å². The molecule has 1 aromatic rings. The van der Waals surface area contributed by atoms with Crippen LogP contribution in [0.1, 0.15) is 61.8 Å². The highest BCUT2D eigenvalue weighted by Gasteiger charge is 2.22. The molecule has 6 nitrogen and oxygen atoms in total. The van der Waals surface area contributed by atoms with Crippen LogP contribution in [0.25, 0.3) is 0 Å². The van der Waals surface area contributed by atoms with Crippen LogP contribution in [-0.4, -0.2) is 30.0 Å². The molecule has 0 atom stereocenters. The summed E-state index contributed by atoms with van der Waals surface area (Å²) in [5, 5.41) is 0. The molecule has 0 unspecified atom stereocenters. The van der Waals surface area contributed by atoms with Crippen LogP contribution in [0.3, 0.4) is 0 Å². The number of hydrogen-bond acceptors (Lipinski definition) is 5. The van der Waals surface area contributed by atoms with Gasteiger partial charge in [0.25, 0.3) is 5.91 Å². The molecule has 1 aliphatic rings. The highest BCUT2D eigenvalue weighted by molar-refractivity contribution is 7.90. The van der Waals surface area contributed by atoms with Crippen molar-refractivity contribution in [2.45, 2.75) is 45.4 Å². The fourth-order valence-corrected chi connectivity index (χ4v) is 3.90. The lowest BCUT2D eigenvalue weighted by molar-refractivity contribution is 0.0976. The lowest BCUT2D eigenvalue weighted by Crippen LogP contribution is -2.34. The van der Waals surface area contributed by atoms with Crippen LogP contribution in [0.5, 0.6) is 0 Å². The van der Waals surface area contributed by atoms with Crippen LogP contribution in [0, 0.1) is 5.92 Å². The molecular weight excluding hydrogens is 290 g/mol. The zero-order valence-electron chi connectivity index (χ0n) is 12.4. The Morgan fingerprint density at radius 2 is 2.05 bits per heavy atom. The summed E-state index contributed by atoms with van der Waals surface area (Å²) in [6.45, 7) is 3.57. The molecule has 0 bridgehead atoms. The number of sulfonamides is 1. The SMILES string of the molecule is CC(C)CS(=O)(=O)NC(=O)c1ccnc(C2CCCC2)n1. The molecule has 116 valence electrons. The van der Waals surface area contributed by atoms with E-state index < -0.39 is 15.9 Å². The lowest BCUT2D eigenvalue weighted by Gasteiger charge is -2.10. The van der Waals surface area contributed by atoms with Gasteiger partial charge in [-0.15, -0.1) is 0 Å². The van der Waals surface area contributed by atoms with Crippen molar-refractivity contribution in [3.8, 4) is 0 Å². The van der Waals surface area contributed by atoms with Crippen LogP contribution >= 0.6 is 0 Å². The summed E-state index contributed by atoms with van der Waals surface area (Å²) in [7, 11) is -3.62. The third-order valence-corrected chi connectivity index (χ3v) is 5.03. The summed E-state index contributed by atoms with van der Waals surface area (Å²) < 4.78 is 25.6. The Morgan fingerprint density at radius 3 is 2.67 bits per heavy atom. The smallest absolute Gasteiger partial charge is 0.266 e. The molecule has 0 saturated heterocycles. The largest absolute Gasteiger partial charge is 0.283 e. The van der Waals surface area contributed by atoms with E-state index in [1.807, 2.05) is 0 Å². The summed E-state index contributed by atoms with van der Waals surface area (Å²) in [5.41, 5.74) is 0.110. The summed E-state index contributed by atoms with van der Waals surface area (Å²) in [4.78, 5) is 20.5. The molecule has 1 heterocycles. The molecule has 0 aliphatic heterocycles. The van der Waals surface area contributed by atoms with E-state index in [1.165, 1.54) is 12.3 Å². The number of hydrogen-bond donors (Lipinski definition) is 1. The van der Waals surface area contributed by atoms with Crippen LogP contribution in [0.4, 0.5) is 0 Å². The van der Waals surface area contributed by atoms with Crippen molar-refractivity contribution in [1.29, 1.82) is 0 Å². The van der Waals surface area contributed by atoms with E-state index >= 15 is 0 Å². The van der Waals surface area contributed by atoms with Gasteiger partial charge in [0.1, 0.15) is 11.5 Å². The minimum Gasteiger partial charge on any atom is -0.266 e. The molecule has 1 N–H and O–H groups in total. The fourth-order valence-electron chi connectivity index (χ4n) is 2.55. The Bertz CT molecular complexity index is 608. The second-order valence-electron chi connectivity index (χ2n) is 5.89. The van der Waals surface area contributed by atoms with Gasteiger partial charge in [-0.05, 0) is 24.8 Å². The Balaban J connectivity index is 2.10. The molecule has 0 aromatic carbocycles. The number of carbonyl (C=O) groups excluding carboxylic acids is 1. The van der Waals surface area contributed by atoms with Crippen LogP contribution in [0.15, 0.2) is 12.3 Å². The average molecular weight is 311 g/mol. The fraction of sp³-hybridized carbons (Fsp3) is 0.643. The van der Waals surface area contributed by atoms with Gasteiger partial charge in [0.15, 0.2) is 0 Å². The van der Waals surface area contributed by atoms with Crippen molar-refractivity contribution in [2.24, 2.45) is 5.92 Å². The highest BCUT2D eigenvalue weighted by atomic mass is 32.2. The third-order valence-electron chi connectivity index (χ3n) is 3.43. The Hall–Kier alpha value is -1.50. The van der Waals surface area contributed by atoms with Gasteiger partial charge in [-0.3, -0.25) is 4.79 Å². The summed E-state index contributed by atoms with van der Waals surface area (Å²) in [5.74, 6) is 0.109. The molecule has 1 aromatic heterocycles. The van der Waals surface area contributed by atoms with Gasteiger partial charge >= 0.3 is 0 Å². The first-order valence-corrected chi connectivity index (χ1v) is 8.90. The van der Waals surface area contributed by atoms with Crippen molar-refractivity contribution in [3.05, 3.63) is 23.8 Å². The molecule has 21 heavy (non-hydrogen) atoms. The first-order chi connectivity index (χ1) is 9.87. The Kier molecular flexibility index (Phi) is 4.92. The van der Waals surface area contributed by atoms with Gasteiger partial charge in [0.05, 0.1) is 5.75 Å². The van der Waals surface area contributed by atoms with E-state index in [2.05, 4.69) is 14.7 Å². The third kappa shape index (κ3) is 4.49. The topological polar surface area (TPSA) is 89.0 Å². The molecule has 0 spiro atoms. The summed E-state index contributed by atoms with van der Waals surface area (Å²) in [6.07, 6.45) is 5.86. The van der Waals surface area contributed by atoms with Crippen molar-refractivity contribution in [3.63, 3.8) is 0 Å². The minimum atomic E-state index is -3.62. The Morgan fingerprint density at radius 1 is 1.38 bits per heavy atom. The van der Waals surface area contributed by atoms with Crippen LogP contribution < -0.4 is 4.72 Å². The van der Waals surface area contributed by atoms with E-state index in [-0.39, 0.29) is 23.3 Å². The maximum Gasteiger partial charge on any atom is 0.283 e. The monoisotopic (exact) mass is 311 g/mol. The molecule has 1 fully saturated rings. The van der Waals surface area contributed by atoms with E-state index in [9.17, 15) is 13.2 Å². The maximum absolute atomic E-state index is 12.0. The van der Waals surface area contributed by atoms with Crippen molar-refractivity contribution >= 4 is 15.9 Å². The van der Waals surface area contributed by atoms with Gasteiger partial charge in [-0.1, -0.05) is 26.7 Å². The molecule has 2 rings (SSSR count). The van der Waals surface area contributed by atoms with Gasteiger partial charge in [0, 0.05) is 12.1 Å². The van der Waals surface area contributed by atoms with Gasteiger partial charge in [0.2, 0.25) is 10.0 Å². The minimum absolute atomic E-state index is 0.0465. The number of nitrogens with zero attached hydrogens (tertiary/aromatic N) is 2. The van der Waals surface area contributed by atoms with Crippen LogP contribution in [-0.2, 0) is 10.0 Å². The molecule has 0 radical (unpaired) electrons. The summed E-state index contributed by atoms with van der Waals surface area (Å²) in [6, 6.07) is 1.44. The second kappa shape index (κ2) is 6.51.